The Balaban J connectivity index is 1.38. The highest BCUT2D eigenvalue weighted by atomic mass is 16.5. The average molecular weight is 424 g/mol. The summed E-state index contributed by atoms with van der Waals surface area (Å²) in [6.07, 6.45) is 9.71. The number of likely N-dealkylation sites (tertiary alicyclic amines) is 1. The molecule has 2 bridgehead atoms. The Morgan fingerprint density at radius 3 is 2.77 bits per heavy atom. The number of nitrogens with one attached hydrogen (secondary N) is 1. The van der Waals surface area contributed by atoms with E-state index < -0.39 is 12.0 Å². The lowest BCUT2D eigenvalue weighted by Gasteiger charge is -2.54. The van der Waals surface area contributed by atoms with Crippen molar-refractivity contribution >= 4 is 12.0 Å². The lowest BCUT2D eigenvalue weighted by molar-refractivity contribution is -0.143. The van der Waals surface area contributed by atoms with Crippen LogP contribution in [0.15, 0.2) is 42.0 Å². The molecular weight excluding hydrogens is 390 g/mol. The van der Waals surface area contributed by atoms with Gasteiger partial charge in [-0.1, -0.05) is 48.4 Å². The Bertz CT molecular complexity index is 855. The summed E-state index contributed by atoms with van der Waals surface area (Å²) in [4.78, 5) is 30.6. The molecule has 4 aliphatic rings. The summed E-state index contributed by atoms with van der Waals surface area (Å²) < 4.78 is 5.00. The van der Waals surface area contributed by atoms with Crippen LogP contribution in [0.5, 0.6) is 0 Å². The van der Waals surface area contributed by atoms with E-state index in [4.69, 9.17) is 4.74 Å². The molecule has 5 atom stereocenters. The number of hydrogen-bond donors (Lipinski definition) is 1. The zero-order valence-corrected chi connectivity index (χ0v) is 18.3. The summed E-state index contributed by atoms with van der Waals surface area (Å²) in [5, 5.41) is 2.99. The number of carbonyl (C=O) groups is 2. The summed E-state index contributed by atoms with van der Waals surface area (Å²) >= 11 is 0. The Morgan fingerprint density at radius 2 is 1.97 bits per heavy atom. The van der Waals surface area contributed by atoms with Gasteiger partial charge in [0.2, 0.25) is 0 Å². The Labute approximate surface area is 184 Å². The summed E-state index contributed by atoms with van der Waals surface area (Å²) in [5.74, 6) is 0.684. The van der Waals surface area contributed by atoms with Crippen LogP contribution in [0.25, 0.3) is 0 Å². The zero-order valence-electron chi connectivity index (χ0n) is 18.3. The Kier molecular flexibility index (Phi) is 5.74. The van der Waals surface area contributed by atoms with Crippen LogP contribution in [-0.2, 0) is 9.53 Å². The van der Waals surface area contributed by atoms with Crippen LogP contribution in [0.3, 0.4) is 0 Å². The predicted octanol–water partition coefficient (Wildman–Crippen LogP) is 3.51. The second kappa shape index (κ2) is 8.65. The van der Waals surface area contributed by atoms with Gasteiger partial charge in [-0.25, -0.2) is 9.59 Å². The van der Waals surface area contributed by atoms with Gasteiger partial charge in [0.05, 0.1) is 13.2 Å². The second-order valence-electron chi connectivity index (χ2n) is 9.52. The van der Waals surface area contributed by atoms with Gasteiger partial charge >= 0.3 is 12.0 Å². The number of esters is 1. The molecule has 1 aliphatic carbocycles. The fourth-order valence-electron chi connectivity index (χ4n) is 6.45. The molecule has 5 rings (SSSR count). The molecule has 6 nitrogen and oxygen atoms in total. The van der Waals surface area contributed by atoms with Gasteiger partial charge in [0.15, 0.2) is 6.04 Å². The standard InChI is InChI=1S/C25H33N3O3/c1-31-24(29)22(17-8-3-2-4-9-17)26-25(30)28-13-7-10-18-14-19-15-20(23(18)28)16-27-12-6-5-11-21(19)27/h2-4,8-9,14,19-23H,5-7,10-13,15-16H2,1H3,(H,26,30)/t19-,20+,21+,22-,23+/m1/s1. The van der Waals surface area contributed by atoms with Crippen molar-refractivity contribution < 1.29 is 14.3 Å². The molecule has 0 unspecified atom stereocenters. The average Bonchev–Trinajstić information content (AvgIpc) is 2.82. The highest BCUT2D eigenvalue weighted by Gasteiger charge is 2.47. The van der Waals surface area contributed by atoms with Crippen LogP contribution in [0.4, 0.5) is 4.79 Å². The smallest absolute Gasteiger partial charge is 0.333 e. The minimum atomic E-state index is -0.790. The zero-order chi connectivity index (χ0) is 21.4. The molecule has 0 saturated carbocycles. The topological polar surface area (TPSA) is 61.9 Å². The van der Waals surface area contributed by atoms with E-state index in [1.54, 1.807) is 0 Å². The minimum Gasteiger partial charge on any atom is -0.467 e. The number of piperidine rings is 3. The number of fused-ring (bicyclic) bond motifs is 6. The summed E-state index contributed by atoms with van der Waals surface area (Å²) in [6, 6.07) is 9.26. The first-order valence-electron chi connectivity index (χ1n) is 11.8. The van der Waals surface area contributed by atoms with E-state index in [9.17, 15) is 9.59 Å². The first-order chi connectivity index (χ1) is 15.2. The molecule has 1 aromatic rings. The molecule has 3 saturated heterocycles. The normalized spacial score (nSPS) is 31.0. The van der Waals surface area contributed by atoms with Gasteiger partial charge in [-0.3, -0.25) is 4.90 Å². The van der Waals surface area contributed by atoms with E-state index >= 15 is 0 Å². The number of rotatable bonds is 3. The number of benzene rings is 1. The minimum absolute atomic E-state index is 0.155. The van der Waals surface area contributed by atoms with Crippen molar-refractivity contribution in [2.24, 2.45) is 11.8 Å². The fourth-order valence-corrected chi connectivity index (χ4v) is 6.45. The lowest BCUT2D eigenvalue weighted by atomic mass is 9.68. The fraction of sp³-hybridized carbons (Fsp3) is 0.600. The van der Waals surface area contributed by atoms with E-state index in [2.05, 4.69) is 16.3 Å². The largest absolute Gasteiger partial charge is 0.467 e. The number of hydrogen-bond acceptors (Lipinski definition) is 4. The van der Waals surface area contributed by atoms with E-state index in [-0.39, 0.29) is 12.1 Å². The van der Waals surface area contributed by atoms with Gasteiger partial charge in [-0.2, -0.15) is 0 Å². The second-order valence-corrected chi connectivity index (χ2v) is 9.52. The monoisotopic (exact) mass is 423 g/mol. The van der Waals surface area contributed by atoms with Gasteiger partial charge in [-0.05, 0) is 56.0 Å². The maximum atomic E-state index is 13.5. The first kappa shape index (κ1) is 20.6. The molecule has 3 fully saturated rings. The third-order valence-electron chi connectivity index (χ3n) is 7.76. The van der Waals surface area contributed by atoms with Crippen molar-refractivity contribution in [1.29, 1.82) is 0 Å². The summed E-state index contributed by atoms with van der Waals surface area (Å²) in [7, 11) is 1.37. The molecule has 3 heterocycles. The van der Waals surface area contributed by atoms with Crippen molar-refractivity contribution in [3.8, 4) is 0 Å². The van der Waals surface area contributed by atoms with Crippen molar-refractivity contribution in [1.82, 2.24) is 15.1 Å². The number of amides is 2. The molecule has 0 radical (unpaired) electrons. The quantitative estimate of drug-likeness (QED) is 0.597. The molecule has 3 aliphatic heterocycles. The van der Waals surface area contributed by atoms with Gasteiger partial charge in [-0.15, -0.1) is 0 Å². The van der Waals surface area contributed by atoms with E-state index in [1.165, 1.54) is 44.9 Å². The number of methoxy groups -OCH3 is 1. The Morgan fingerprint density at radius 1 is 1.13 bits per heavy atom. The molecule has 31 heavy (non-hydrogen) atoms. The predicted molar refractivity (Wildman–Crippen MR) is 118 cm³/mol. The molecule has 6 heteroatoms. The number of nitrogens with zero attached hydrogens (tertiary/aromatic N) is 2. The van der Waals surface area contributed by atoms with Gasteiger partial charge in [0.25, 0.3) is 0 Å². The van der Waals surface area contributed by atoms with E-state index in [0.717, 1.165) is 31.5 Å². The molecule has 0 spiro atoms. The molecule has 0 aromatic heterocycles. The SMILES string of the molecule is COC(=O)[C@H](NC(=O)N1CCCC2=C[C@@H]3C[C@@H](CN4CCCC[C@@H]34)[C@H]21)c1ccccc1. The first-order valence-corrected chi connectivity index (χ1v) is 11.8. The van der Waals surface area contributed by atoms with E-state index in [0.29, 0.717) is 17.9 Å². The lowest BCUT2D eigenvalue weighted by Crippen LogP contribution is -2.61. The Hall–Kier alpha value is -2.34. The molecular formula is C25H33N3O3. The third-order valence-corrected chi connectivity index (χ3v) is 7.76. The van der Waals surface area contributed by atoms with Gasteiger partial charge < -0.3 is 15.0 Å². The third kappa shape index (κ3) is 3.86. The van der Waals surface area contributed by atoms with Crippen LogP contribution < -0.4 is 5.32 Å². The van der Waals surface area contributed by atoms with Crippen molar-refractivity contribution in [2.75, 3.05) is 26.7 Å². The highest BCUT2D eigenvalue weighted by Crippen LogP contribution is 2.45. The van der Waals surface area contributed by atoms with Crippen molar-refractivity contribution in [3.05, 3.63) is 47.5 Å². The molecule has 2 amide bonds. The maximum absolute atomic E-state index is 13.5. The van der Waals surface area contributed by atoms with Gasteiger partial charge in [0, 0.05) is 19.1 Å². The van der Waals surface area contributed by atoms with Crippen molar-refractivity contribution in [3.63, 3.8) is 0 Å². The van der Waals surface area contributed by atoms with E-state index in [1.807, 2.05) is 35.2 Å². The molecule has 166 valence electrons. The van der Waals surface area contributed by atoms with Gasteiger partial charge in [0.1, 0.15) is 0 Å². The van der Waals surface area contributed by atoms with Crippen LogP contribution in [0.1, 0.15) is 50.1 Å². The van der Waals surface area contributed by atoms with Crippen LogP contribution in [0, 0.1) is 11.8 Å². The van der Waals surface area contributed by atoms with Crippen LogP contribution >= 0.6 is 0 Å². The number of carbonyl (C=O) groups excluding carboxylic acids is 2. The van der Waals surface area contributed by atoms with Crippen LogP contribution in [0.2, 0.25) is 0 Å². The maximum Gasteiger partial charge on any atom is 0.333 e. The van der Waals surface area contributed by atoms with Crippen LogP contribution in [-0.4, -0.2) is 60.6 Å². The summed E-state index contributed by atoms with van der Waals surface area (Å²) in [6.45, 7) is 3.02. The number of ether oxygens (including phenoxy) is 1. The molecule has 1 aromatic carbocycles. The number of urea groups is 1. The summed E-state index contributed by atoms with van der Waals surface area (Å²) in [5.41, 5.74) is 2.19. The van der Waals surface area contributed by atoms with Crippen molar-refractivity contribution in [2.45, 2.75) is 56.7 Å². The highest BCUT2D eigenvalue weighted by molar-refractivity contribution is 5.85. The molecule has 1 N–H and O–H groups in total.